The van der Waals surface area contributed by atoms with E-state index in [1.165, 1.54) is 47.4 Å². The molecule has 136 valence electrons. The molecule has 0 aliphatic heterocycles. The molecule has 2 aromatic heterocycles. The van der Waals surface area contributed by atoms with Gasteiger partial charge in [-0.3, -0.25) is 14.2 Å². The lowest BCUT2D eigenvalue weighted by molar-refractivity contribution is 0.102. The van der Waals surface area contributed by atoms with E-state index in [0.717, 1.165) is 6.42 Å². The lowest BCUT2D eigenvalue weighted by Gasteiger charge is -2.13. The molecule has 0 amide bonds. The number of carbonyl (C=O) groups is 1. The second-order valence-electron chi connectivity index (χ2n) is 6.39. The van der Waals surface area contributed by atoms with Crippen LogP contribution in [0, 0.1) is 11.7 Å². The first-order chi connectivity index (χ1) is 12.5. The minimum atomic E-state index is -0.374. The maximum absolute atomic E-state index is 13.0. The quantitative estimate of drug-likeness (QED) is 0.336. The lowest BCUT2D eigenvalue weighted by Crippen LogP contribution is -2.23. The van der Waals surface area contributed by atoms with Gasteiger partial charge < -0.3 is 0 Å². The Bertz CT molecular complexity index is 977. The third kappa shape index (κ3) is 4.22. The summed E-state index contributed by atoms with van der Waals surface area (Å²) in [6, 6.07) is 7.30. The highest BCUT2D eigenvalue weighted by Crippen LogP contribution is 2.22. The Labute approximate surface area is 159 Å². The van der Waals surface area contributed by atoms with Crippen LogP contribution in [0.25, 0.3) is 10.2 Å². The highest BCUT2D eigenvalue weighted by Gasteiger charge is 2.15. The normalized spacial score (nSPS) is 11.4. The molecule has 1 aromatic carbocycles. The molecular weight excluding hydrogens is 371 g/mol. The number of fused-ring (bicyclic) bond motifs is 1. The predicted molar refractivity (Wildman–Crippen MR) is 105 cm³/mol. The Balaban J connectivity index is 1.85. The molecule has 0 bridgehead atoms. The molecule has 7 heteroatoms. The largest absolute Gasteiger partial charge is 0.293 e. The van der Waals surface area contributed by atoms with Crippen molar-refractivity contribution in [2.75, 3.05) is 5.75 Å². The summed E-state index contributed by atoms with van der Waals surface area (Å²) in [5.74, 6) is 0.112. The molecule has 0 saturated carbocycles. The fourth-order valence-electron chi connectivity index (χ4n) is 2.47. The standard InChI is InChI=1S/C19H19FN2O2S2/c1-12(2)7-9-22-18(24)17-15(8-10-25-17)21-19(22)26-11-16(23)13-3-5-14(20)6-4-13/h3-6,8,10,12H,7,9,11H2,1-2H3. The number of nitrogens with zero attached hydrogens (tertiary/aromatic N) is 2. The molecule has 3 rings (SSSR count). The third-order valence-electron chi connectivity index (χ3n) is 3.96. The second kappa shape index (κ2) is 8.14. The van der Waals surface area contributed by atoms with Crippen LogP contribution in [0.15, 0.2) is 45.7 Å². The predicted octanol–water partition coefficient (Wildman–Crippen LogP) is 4.62. The molecule has 0 saturated heterocycles. The summed E-state index contributed by atoms with van der Waals surface area (Å²) < 4.78 is 15.3. The summed E-state index contributed by atoms with van der Waals surface area (Å²) >= 11 is 2.64. The van der Waals surface area contributed by atoms with E-state index in [-0.39, 0.29) is 22.9 Å². The highest BCUT2D eigenvalue weighted by molar-refractivity contribution is 7.99. The van der Waals surface area contributed by atoms with E-state index in [9.17, 15) is 14.0 Å². The van der Waals surface area contributed by atoms with Gasteiger partial charge in [-0.15, -0.1) is 11.3 Å². The highest BCUT2D eigenvalue weighted by atomic mass is 32.2. The Morgan fingerprint density at radius 1 is 1.27 bits per heavy atom. The molecule has 0 aliphatic carbocycles. The summed E-state index contributed by atoms with van der Waals surface area (Å²) in [4.78, 5) is 29.7. The zero-order chi connectivity index (χ0) is 18.7. The molecular formula is C19H19FN2O2S2. The van der Waals surface area contributed by atoms with Gasteiger partial charge in [-0.2, -0.15) is 0 Å². The SMILES string of the molecule is CC(C)CCn1c(SCC(=O)c2ccc(F)cc2)nc2ccsc2c1=O. The van der Waals surface area contributed by atoms with Gasteiger partial charge in [0.1, 0.15) is 10.5 Å². The van der Waals surface area contributed by atoms with Crippen LogP contribution in [0.4, 0.5) is 4.39 Å². The number of aromatic nitrogens is 2. The van der Waals surface area contributed by atoms with Crippen molar-refractivity contribution in [1.29, 1.82) is 0 Å². The van der Waals surface area contributed by atoms with E-state index in [1.807, 2.05) is 11.4 Å². The first-order valence-electron chi connectivity index (χ1n) is 8.35. The average Bonchev–Trinajstić information content (AvgIpc) is 3.08. The van der Waals surface area contributed by atoms with Gasteiger partial charge in [0.05, 0.1) is 11.3 Å². The van der Waals surface area contributed by atoms with Crippen LogP contribution in [-0.2, 0) is 6.54 Å². The van der Waals surface area contributed by atoms with Crippen LogP contribution in [0.5, 0.6) is 0 Å². The smallest absolute Gasteiger partial charge is 0.272 e. The van der Waals surface area contributed by atoms with Crippen LogP contribution < -0.4 is 5.56 Å². The van der Waals surface area contributed by atoms with Crippen LogP contribution in [0.1, 0.15) is 30.6 Å². The van der Waals surface area contributed by atoms with Crippen molar-refractivity contribution >= 4 is 39.1 Å². The van der Waals surface area contributed by atoms with Crippen molar-refractivity contribution in [3.63, 3.8) is 0 Å². The number of rotatable bonds is 7. The minimum absolute atomic E-state index is 0.0534. The minimum Gasteiger partial charge on any atom is -0.293 e. The molecule has 0 spiro atoms. The van der Waals surface area contributed by atoms with Gasteiger partial charge in [0, 0.05) is 12.1 Å². The lowest BCUT2D eigenvalue weighted by atomic mass is 10.1. The van der Waals surface area contributed by atoms with Crippen LogP contribution in [-0.4, -0.2) is 21.1 Å². The maximum atomic E-state index is 13.0. The molecule has 26 heavy (non-hydrogen) atoms. The van der Waals surface area contributed by atoms with Crippen LogP contribution >= 0.6 is 23.1 Å². The Kier molecular flexibility index (Phi) is 5.88. The second-order valence-corrected chi connectivity index (χ2v) is 8.25. The van der Waals surface area contributed by atoms with Gasteiger partial charge in [-0.25, -0.2) is 9.37 Å². The van der Waals surface area contributed by atoms with Crippen molar-refractivity contribution < 1.29 is 9.18 Å². The van der Waals surface area contributed by atoms with Gasteiger partial charge in [0.2, 0.25) is 0 Å². The molecule has 3 aromatic rings. The van der Waals surface area contributed by atoms with E-state index in [0.29, 0.717) is 33.4 Å². The molecule has 0 aliphatic rings. The van der Waals surface area contributed by atoms with Gasteiger partial charge in [-0.05, 0) is 48.1 Å². The number of hydrogen-bond donors (Lipinski definition) is 0. The maximum Gasteiger partial charge on any atom is 0.272 e. The molecule has 4 nitrogen and oxygen atoms in total. The number of ketones is 1. The number of carbonyl (C=O) groups excluding carboxylic acids is 1. The van der Waals surface area contributed by atoms with Gasteiger partial charge in [0.25, 0.3) is 5.56 Å². The fraction of sp³-hybridized carbons (Fsp3) is 0.316. The Morgan fingerprint density at radius 2 is 2.00 bits per heavy atom. The van der Waals surface area contributed by atoms with E-state index in [4.69, 9.17) is 0 Å². The van der Waals surface area contributed by atoms with Crippen molar-refractivity contribution in [3.8, 4) is 0 Å². The van der Waals surface area contributed by atoms with Gasteiger partial charge in [-0.1, -0.05) is 25.6 Å². The van der Waals surface area contributed by atoms with Crippen LogP contribution in [0.2, 0.25) is 0 Å². The van der Waals surface area contributed by atoms with Crippen molar-refractivity contribution in [3.05, 3.63) is 57.4 Å². The number of thioether (sulfide) groups is 1. The third-order valence-corrected chi connectivity index (χ3v) is 5.83. The number of hydrogen-bond acceptors (Lipinski definition) is 5. The number of thiophene rings is 1. The van der Waals surface area contributed by atoms with Gasteiger partial charge >= 0.3 is 0 Å². The van der Waals surface area contributed by atoms with Crippen LogP contribution in [0.3, 0.4) is 0 Å². The summed E-state index contributed by atoms with van der Waals surface area (Å²) in [5, 5.41) is 2.40. The number of Topliss-reactive ketones (excluding diaryl/α,β-unsaturated/α-hetero) is 1. The van der Waals surface area contributed by atoms with E-state index >= 15 is 0 Å². The zero-order valence-corrected chi connectivity index (χ0v) is 16.2. The summed E-state index contributed by atoms with van der Waals surface area (Å²) in [6.07, 6.45) is 0.859. The molecule has 0 N–H and O–H groups in total. The van der Waals surface area contributed by atoms with E-state index in [1.54, 1.807) is 4.57 Å². The van der Waals surface area contributed by atoms with E-state index < -0.39 is 0 Å². The van der Waals surface area contributed by atoms with E-state index in [2.05, 4.69) is 18.8 Å². The Hall–Kier alpha value is -1.99. The summed E-state index contributed by atoms with van der Waals surface area (Å²) in [5.41, 5.74) is 1.06. The Morgan fingerprint density at radius 3 is 2.69 bits per heavy atom. The zero-order valence-electron chi connectivity index (χ0n) is 14.6. The molecule has 0 fully saturated rings. The van der Waals surface area contributed by atoms with Crippen molar-refractivity contribution in [1.82, 2.24) is 9.55 Å². The van der Waals surface area contributed by atoms with Gasteiger partial charge in [0.15, 0.2) is 10.9 Å². The van der Waals surface area contributed by atoms with Crippen molar-refractivity contribution in [2.24, 2.45) is 5.92 Å². The molecule has 0 unspecified atom stereocenters. The average molecular weight is 391 g/mol. The first-order valence-corrected chi connectivity index (χ1v) is 10.2. The topological polar surface area (TPSA) is 52.0 Å². The first kappa shape index (κ1) is 18.8. The monoisotopic (exact) mass is 390 g/mol. The van der Waals surface area contributed by atoms with Crippen molar-refractivity contribution in [2.45, 2.75) is 32.0 Å². The molecule has 0 radical (unpaired) electrons. The molecule has 0 atom stereocenters. The number of halogens is 1. The number of benzene rings is 1. The summed E-state index contributed by atoms with van der Waals surface area (Å²) in [7, 11) is 0. The molecule has 2 heterocycles. The fourth-order valence-corrected chi connectivity index (χ4v) is 4.17. The summed E-state index contributed by atoms with van der Waals surface area (Å²) in [6.45, 7) is 4.78.